The summed E-state index contributed by atoms with van der Waals surface area (Å²) in [5.74, 6) is 6.94. The number of aliphatic hydroxyl groups is 2. The molecule has 4 nitrogen and oxygen atoms in total. The predicted octanol–water partition coefficient (Wildman–Crippen LogP) is 6.52. The van der Waals surface area contributed by atoms with Crippen LogP contribution in [-0.2, 0) is 10.8 Å². The Balaban J connectivity index is 1.31. The van der Waals surface area contributed by atoms with Gasteiger partial charge in [0.1, 0.15) is 13.2 Å². The molecule has 0 aromatic heterocycles. The smallest absolute Gasteiger partial charge is 0.161 e. The second kappa shape index (κ2) is 8.86. The van der Waals surface area contributed by atoms with Gasteiger partial charge in [-0.1, -0.05) is 12.1 Å². The maximum atomic E-state index is 9.43. The Kier molecular flexibility index (Phi) is 5.61. The number of benzene rings is 2. The molecule has 204 valence electrons. The van der Waals surface area contributed by atoms with Crippen molar-refractivity contribution in [2.24, 2.45) is 35.5 Å². The quantitative estimate of drug-likeness (QED) is 0.420. The van der Waals surface area contributed by atoms with Crippen LogP contribution in [0.15, 0.2) is 24.3 Å². The Bertz CT molecular complexity index is 1070. The number of fused-ring (bicyclic) bond motifs is 1. The van der Waals surface area contributed by atoms with Crippen molar-refractivity contribution in [1.29, 1.82) is 0 Å². The summed E-state index contributed by atoms with van der Waals surface area (Å²) in [7, 11) is 0. The molecular weight excluding hydrogens is 472 g/mol. The van der Waals surface area contributed by atoms with Crippen LogP contribution in [0.3, 0.4) is 0 Å². The van der Waals surface area contributed by atoms with E-state index in [0.717, 1.165) is 35.5 Å². The monoisotopic (exact) mass is 516 g/mol. The molecule has 2 N–H and O–H groups in total. The molecule has 4 heteroatoms. The molecule has 0 heterocycles. The van der Waals surface area contributed by atoms with Crippen molar-refractivity contribution in [2.45, 2.75) is 87.9 Å². The van der Waals surface area contributed by atoms with Crippen molar-refractivity contribution < 1.29 is 19.7 Å². The summed E-state index contributed by atoms with van der Waals surface area (Å²) in [6.45, 7) is 0.435. The fourth-order valence-corrected chi connectivity index (χ4v) is 11.6. The van der Waals surface area contributed by atoms with E-state index >= 15 is 0 Å². The van der Waals surface area contributed by atoms with E-state index in [0.29, 0.717) is 22.3 Å². The molecule has 10 rings (SSSR count). The number of rotatable bonds is 8. The van der Waals surface area contributed by atoms with Crippen molar-refractivity contribution >= 4 is 10.8 Å². The van der Waals surface area contributed by atoms with Crippen molar-refractivity contribution in [3.63, 3.8) is 0 Å². The van der Waals surface area contributed by atoms with Crippen LogP contribution in [0, 0.1) is 35.5 Å². The minimum absolute atomic E-state index is 0.0268. The van der Waals surface area contributed by atoms with Gasteiger partial charge in [0.2, 0.25) is 0 Å². The molecule has 0 spiro atoms. The molecule has 0 saturated heterocycles. The highest BCUT2D eigenvalue weighted by molar-refractivity contribution is 5.88. The molecule has 2 aromatic rings. The maximum Gasteiger partial charge on any atom is 0.161 e. The third kappa shape index (κ3) is 3.76. The molecule has 8 aliphatic rings. The highest BCUT2D eigenvalue weighted by atomic mass is 16.5. The minimum atomic E-state index is -0.0268. The number of hydrogen-bond donors (Lipinski definition) is 2. The Morgan fingerprint density at radius 1 is 0.526 bits per heavy atom. The summed E-state index contributed by atoms with van der Waals surface area (Å²) in [5, 5.41) is 21.3. The van der Waals surface area contributed by atoms with Crippen molar-refractivity contribution in [3.05, 3.63) is 35.4 Å². The van der Waals surface area contributed by atoms with Gasteiger partial charge in [0.25, 0.3) is 0 Å². The molecule has 8 saturated carbocycles. The first-order valence-corrected chi connectivity index (χ1v) is 15.6. The van der Waals surface area contributed by atoms with Gasteiger partial charge in [-0.2, -0.15) is 0 Å². The normalized spacial score (nSPS) is 40.3. The molecule has 38 heavy (non-hydrogen) atoms. The molecule has 0 amide bonds. The SMILES string of the molecule is OCCOc1cc2cc(C34CC5CC(CC(C5)C3)C4)c(C34CC5CC(CC(C5)C3)C4)cc2cc1OCCO. The lowest BCUT2D eigenvalue weighted by Crippen LogP contribution is -2.52. The number of hydrogen-bond acceptors (Lipinski definition) is 4. The summed E-state index contributed by atoms with van der Waals surface area (Å²) >= 11 is 0. The molecule has 8 bridgehead atoms. The summed E-state index contributed by atoms with van der Waals surface area (Å²) in [6, 6.07) is 9.48. The summed E-state index contributed by atoms with van der Waals surface area (Å²) < 4.78 is 11.9. The fourth-order valence-electron chi connectivity index (χ4n) is 11.6. The largest absolute Gasteiger partial charge is 0.487 e. The van der Waals surface area contributed by atoms with Gasteiger partial charge in [0, 0.05) is 0 Å². The second-order valence-electron chi connectivity index (χ2n) is 14.6. The van der Waals surface area contributed by atoms with Crippen LogP contribution in [-0.4, -0.2) is 36.6 Å². The predicted molar refractivity (Wildman–Crippen MR) is 149 cm³/mol. The Labute approximate surface area is 227 Å². The minimum Gasteiger partial charge on any atom is -0.487 e. The van der Waals surface area contributed by atoms with Crippen molar-refractivity contribution in [3.8, 4) is 11.5 Å². The van der Waals surface area contributed by atoms with E-state index in [2.05, 4.69) is 24.3 Å². The van der Waals surface area contributed by atoms with E-state index in [-0.39, 0.29) is 26.4 Å². The average molecular weight is 517 g/mol. The first-order valence-electron chi connectivity index (χ1n) is 15.6. The van der Waals surface area contributed by atoms with Crippen LogP contribution >= 0.6 is 0 Å². The van der Waals surface area contributed by atoms with Gasteiger partial charge in [-0.05, 0) is 157 Å². The lowest BCUT2D eigenvalue weighted by molar-refractivity contribution is -0.0173. The van der Waals surface area contributed by atoms with Gasteiger partial charge >= 0.3 is 0 Å². The van der Waals surface area contributed by atoms with Crippen LogP contribution in [0.2, 0.25) is 0 Å². The molecule has 0 unspecified atom stereocenters. The van der Waals surface area contributed by atoms with E-state index in [1.165, 1.54) is 87.8 Å². The molecule has 0 radical (unpaired) electrons. The third-order valence-electron chi connectivity index (χ3n) is 12.0. The van der Waals surface area contributed by atoms with Gasteiger partial charge in [0.05, 0.1) is 13.2 Å². The first-order chi connectivity index (χ1) is 18.5. The summed E-state index contributed by atoms with van der Waals surface area (Å²) in [6.07, 6.45) is 17.2. The van der Waals surface area contributed by atoms with Crippen molar-refractivity contribution in [1.82, 2.24) is 0 Å². The highest BCUT2D eigenvalue weighted by Crippen LogP contribution is 2.66. The van der Waals surface area contributed by atoms with Crippen LogP contribution in [0.1, 0.15) is 88.2 Å². The zero-order valence-electron chi connectivity index (χ0n) is 22.8. The molecule has 8 fully saturated rings. The maximum absolute atomic E-state index is 9.43. The molecule has 8 aliphatic carbocycles. The molecule has 0 aliphatic heterocycles. The zero-order chi connectivity index (χ0) is 25.5. The molecule has 2 aromatic carbocycles. The van der Waals surface area contributed by atoms with Gasteiger partial charge < -0.3 is 19.7 Å². The van der Waals surface area contributed by atoms with Gasteiger partial charge in [-0.25, -0.2) is 0 Å². The van der Waals surface area contributed by atoms with E-state index in [9.17, 15) is 10.2 Å². The van der Waals surface area contributed by atoms with Crippen LogP contribution in [0.25, 0.3) is 10.8 Å². The average Bonchev–Trinajstić information content (AvgIpc) is 2.88. The van der Waals surface area contributed by atoms with Crippen LogP contribution in [0.5, 0.6) is 11.5 Å². The first kappa shape index (κ1) is 24.1. The molecular formula is C34H44O4. The number of aliphatic hydroxyl groups excluding tert-OH is 2. The van der Waals surface area contributed by atoms with E-state index in [1.54, 1.807) is 11.1 Å². The number of ether oxygens (including phenoxy) is 2. The van der Waals surface area contributed by atoms with E-state index < -0.39 is 0 Å². The van der Waals surface area contributed by atoms with Gasteiger partial charge in [0.15, 0.2) is 11.5 Å². The Morgan fingerprint density at radius 2 is 0.842 bits per heavy atom. The topological polar surface area (TPSA) is 58.9 Å². The lowest BCUT2D eigenvalue weighted by Gasteiger charge is -2.61. The Morgan fingerprint density at radius 3 is 1.13 bits per heavy atom. The van der Waals surface area contributed by atoms with E-state index in [1.807, 2.05) is 0 Å². The standard InChI is InChI=1S/C34H44O4/c35-1-3-37-31-13-27-11-29(33-15-21-5-22(16-33)7-23(6-21)17-33)30(12-28(27)14-32(31)38-4-2-36)34-18-24-8-25(19-34)10-26(9-24)20-34/h11-14,21-26,35-36H,1-10,15-20H2. The third-order valence-corrected chi connectivity index (χ3v) is 12.0. The highest BCUT2D eigenvalue weighted by Gasteiger charge is 2.56. The summed E-state index contributed by atoms with van der Waals surface area (Å²) in [5.41, 5.74) is 4.14. The zero-order valence-corrected chi connectivity index (χ0v) is 22.8. The lowest BCUT2D eigenvalue weighted by atomic mass is 9.44. The second-order valence-corrected chi connectivity index (χ2v) is 14.6. The molecule has 0 atom stereocenters. The Hall–Kier alpha value is -1.78. The van der Waals surface area contributed by atoms with Gasteiger partial charge in [-0.15, -0.1) is 0 Å². The fraction of sp³-hybridized carbons (Fsp3) is 0.706. The summed E-state index contributed by atoms with van der Waals surface area (Å²) in [4.78, 5) is 0. The van der Waals surface area contributed by atoms with Crippen LogP contribution < -0.4 is 9.47 Å². The van der Waals surface area contributed by atoms with Crippen molar-refractivity contribution in [2.75, 3.05) is 26.4 Å². The van der Waals surface area contributed by atoms with Gasteiger partial charge in [-0.3, -0.25) is 0 Å². The van der Waals surface area contributed by atoms with Crippen LogP contribution in [0.4, 0.5) is 0 Å². The van der Waals surface area contributed by atoms with E-state index in [4.69, 9.17) is 9.47 Å².